The molecule has 0 radical (unpaired) electrons. The maximum absolute atomic E-state index is 9.37. The first-order valence-electron chi connectivity index (χ1n) is 3.85. The smallest absolute Gasteiger partial charge is 0.226 e. The van der Waals surface area contributed by atoms with E-state index in [9.17, 15) is 5.11 Å². The molecule has 1 rings (SSSR count). The van der Waals surface area contributed by atoms with Gasteiger partial charge in [0, 0.05) is 6.20 Å². The van der Waals surface area contributed by atoms with Crippen LogP contribution in [0.3, 0.4) is 0 Å². The Morgan fingerprint density at radius 2 is 2.38 bits per heavy atom. The zero-order valence-electron chi connectivity index (χ0n) is 7.44. The number of aromatic hydroxyl groups is 1. The van der Waals surface area contributed by atoms with Crippen molar-refractivity contribution in [2.24, 2.45) is 0 Å². The predicted molar refractivity (Wildman–Crippen MR) is 51.8 cm³/mol. The van der Waals surface area contributed by atoms with Crippen molar-refractivity contribution in [2.75, 3.05) is 6.61 Å². The number of ether oxygens (including phenoxy) is 1. The molecule has 1 heterocycles. The van der Waals surface area contributed by atoms with Gasteiger partial charge < -0.3 is 9.84 Å². The van der Waals surface area contributed by atoms with Crippen molar-refractivity contribution < 1.29 is 9.84 Å². The van der Waals surface area contributed by atoms with Crippen LogP contribution in [0.25, 0.3) is 0 Å². The average molecular weight is 198 g/mol. The lowest BCUT2D eigenvalue weighted by Crippen LogP contribution is -2.05. The molecule has 0 bridgehead atoms. The third-order valence-corrected chi connectivity index (χ3v) is 1.72. The monoisotopic (exact) mass is 198 g/mol. The highest BCUT2D eigenvalue weighted by atomic mass is 32.1. The van der Waals surface area contributed by atoms with Crippen molar-refractivity contribution >= 4 is 17.3 Å². The van der Waals surface area contributed by atoms with Crippen LogP contribution >= 0.6 is 12.2 Å². The zero-order chi connectivity index (χ0) is 9.84. The molecule has 1 N–H and O–H groups in total. The first-order chi connectivity index (χ1) is 6.15. The SMILES string of the molecule is CCOC(=S)c1cnc(C)nc1O. The summed E-state index contributed by atoms with van der Waals surface area (Å²) in [7, 11) is 0. The van der Waals surface area contributed by atoms with Crippen LogP contribution in [0, 0.1) is 6.92 Å². The van der Waals surface area contributed by atoms with Gasteiger partial charge in [0.2, 0.25) is 5.88 Å². The Balaban J connectivity index is 2.95. The lowest BCUT2D eigenvalue weighted by molar-refractivity contribution is 0.335. The first-order valence-corrected chi connectivity index (χ1v) is 4.25. The van der Waals surface area contributed by atoms with Gasteiger partial charge in [0.1, 0.15) is 11.4 Å². The molecule has 0 amide bonds. The van der Waals surface area contributed by atoms with E-state index in [4.69, 9.17) is 17.0 Å². The molecule has 0 atom stereocenters. The van der Waals surface area contributed by atoms with Crippen LogP contribution in [-0.2, 0) is 4.74 Å². The highest BCUT2D eigenvalue weighted by Gasteiger charge is 2.09. The molecule has 4 nitrogen and oxygen atoms in total. The lowest BCUT2D eigenvalue weighted by Gasteiger charge is -2.05. The van der Waals surface area contributed by atoms with Gasteiger partial charge in [-0.15, -0.1) is 0 Å². The summed E-state index contributed by atoms with van der Waals surface area (Å²) in [6.07, 6.45) is 1.45. The molecule has 0 aliphatic rings. The minimum Gasteiger partial charge on any atom is -0.493 e. The van der Waals surface area contributed by atoms with Gasteiger partial charge in [-0.05, 0) is 26.1 Å². The molecule has 0 aliphatic carbocycles. The molecule has 0 saturated heterocycles. The molecule has 0 unspecified atom stereocenters. The Hall–Kier alpha value is -1.23. The van der Waals surface area contributed by atoms with Gasteiger partial charge in [-0.2, -0.15) is 4.98 Å². The van der Waals surface area contributed by atoms with E-state index in [2.05, 4.69) is 9.97 Å². The Kier molecular flexibility index (Phi) is 3.13. The van der Waals surface area contributed by atoms with E-state index >= 15 is 0 Å². The predicted octanol–water partition coefficient (Wildman–Crippen LogP) is 1.20. The van der Waals surface area contributed by atoms with E-state index in [1.165, 1.54) is 6.20 Å². The summed E-state index contributed by atoms with van der Waals surface area (Å²) in [4.78, 5) is 7.66. The van der Waals surface area contributed by atoms with Crippen LogP contribution < -0.4 is 0 Å². The van der Waals surface area contributed by atoms with Crippen LogP contribution in [0.1, 0.15) is 18.3 Å². The Bertz CT molecular complexity index is 328. The molecule has 0 fully saturated rings. The molecule has 70 valence electrons. The molecule has 0 saturated carbocycles. The lowest BCUT2D eigenvalue weighted by atomic mass is 10.3. The molecule has 5 heteroatoms. The fourth-order valence-corrected chi connectivity index (χ4v) is 1.07. The number of hydrogen-bond acceptors (Lipinski definition) is 5. The fraction of sp³-hybridized carbons (Fsp3) is 0.375. The fourth-order valence-electron chi connectivity index (χ4n) is 0.811. The summed E-state index contributed by atoms with van der Waals surface area (Å²) in [6.45, 7) is 3.97. The molecule has 0 spiro atoms. The minimum atomic E-state index is -0.133. The van der Waals surface area contributed by atoms with Gasteiger partial charge in [-0.25, -0.2) is 4.98 Å². The van der Waals surface area contributed by atoms with E-state index in [0.717, 1.165) is 0 Å². The van der Waals surface area contributed by atoms with Crippen molar-refractivity contribution in [1.29, 1.82) is 0 Å². The molecule has 1 aromatic rings. The van der Waals surface area contributed by atoms with E-state index in [0.29, 0.717) is 18.0 Å². The number of nitrogens with zero attached hydrogens (tertiary/aromatic N) is 2. The van der Waals surface area contributed by atoms with Crippen molar-refractivity contribution in [3.05, 3.63) is 17.6 Å². The molecular formula is C8H10N2O2S. The summed E-state index contributed by atoms with van der Waals surface area (Å²) in [5.41, 5.74) is 0.363. The second-order valence-electron chi connectivity index (χ2n) is 2.37. The normalized spacial score (nSPS) is 9.69. The molecule has 0 aromatic carbocycles. The second kappa shape index (κ2) is 4.13. The van der Waals surface area contributed by atoms with E-state index in [-0.39, 0.29) is 10.9 Å². The van der Waals surface area contributed by atoms with Crippen LogP contribution in [0.15, 0.2) is 6.20 Å². The number of aromatic nitrogens is 2. The van der Waals surface area contributed by atoms with E-state index < -0.39 is 0 Å². The van der Waals surface area contributed by atoms with Gasteiger partial charge in [-0.1, -0.05) is 0 Å². The summed E-state index contributed by atoms with van der Waals surface area (Å²) >= 11 is 4.89. The van der Waals surface area contributed by atoms with Gasteiger partial charge >= 0.3 is 0 Å². The van der Waals surface area contributed by atoms with Gasteiger partial charge in [0.05, 0.1) is 6.61 Å². The van der Waals surface area contributed by atoms with Gasteiger partial charge in [-0.3, -0.25) is 0 Å². The minimum absolute atomic E-state index is 0.133. The Morgan fingerprint density at radius 1 is 1.69 bits per heavy atom. The largest absolute Gasteiger partial charge is 0.493 e. The number of rotatable bonds is 2. The summed E-state index contributed by atoms with van der Waals surface area (Å²) in [5.74, 6) is 0.367. The summed E-state index contributed by atoms with van der Waals surface area (Å²) in [6, 6.07) is 0. The number of hydrogen-bond donors (Lipinski definition) is 1. The molecule has 13 heavy (non-hydrogen) atoms. The highest BCUT2D eigenvalue weighted by Crippen LogP contribution is 2.13. The summed E-state index contributed by atoms with van der Waals surface area (Å²) in [5, 5.41) is 9.59. The van der Waals surface area contributed by atoms with E-state index in [1.807, 2.05) is 6.92 Å². The zero-order valence-corrected chi connectivity index (χ0v) is 8.26. The quantitative estimate of drug-likeness (QED) is 0.724. The van der Waals surface area contributed by atoms with Crippen molar-refractivity contribution in [2.45, 2.75) is 13.8 Å². The third-order valence-electron chi connectivity index (χ3n) is 1.38. The van der Waals surface area contributed by atoms with Crippen molar-refractivity contribution in [3.63, 3.8) is 0 Å². The molecular weight excluding hydrogens is 188 g/mol. The van der Waals surface area contributed by atoms with E-state index in [1.54, 1.807) is 6.92 Å². The number of thiocarbonyl (C=S) groups is 1. The standard InChI is InChI=1S/C8H10N2O2S/c1-3-12-8(13)6-4-9-5(2)10-7(6)11/h4H,3H2,1-2H3,(H,9,10,11). The van der Waals surface area contributed by atoms with Crippen molar-refractivity contribution in [3.8, 4) is 5.88 Å². The van der Waals surface area contributed by atoms with Crippen LogP contribution in [0.2, 0.25) is 0 Å². The highest BCUT2D eigenvalue weighted by molar-refractivity contribution is 7.80. The topological polar surface area (TPSA) is 55.2 Å². The third kappa shape index (κ3) is 2.35. The maximum atomic E-state index is 9.37. The van der Waals surface area contributed by atoms with Crippen LogP contribution in [0.5, 0.6) is 5.88 Å². The Labute approximate surface area is 81.6 Å². The van der Waals surface area contributed by atoms with Gasteiger partial charge in [0.15, 0.2) is 5.05 Å². The van der Waals surface area contributed by atoms with Crippen LogP contribution in [0.4, 0.5) is 0 Å². The molecule has 1 aromatic heterocycles. The number of aryl methyl sites for hydroxylation is 1. The average Bonchev–Trinajstić information content (AvgIpc) is 2.04. The molecule has 0 aliphatic heterocycles. The van der Waals surface area contributed by atoms with Crippen molar-refractivity contribution in [1.82, 2.24) is 9.97 Å². The first kappa shape index (κ1) is 9.85. The second-order valence-corrected chi connectivity index (χ2v) is 2.75. The van der Waals surface area contributed by atoms with Crippen LogP contribution in [-0.4, -0.2) is 26.7 Å². The summed E-state index contributed by atoms with van der Waals surface area (Å²) < 4.78 is 5.04. The maximum Gasteiger partial charge on any atom is 0.226 e. The Morgan fingerprint density at radius 3 is 2.92 bits per heavy atom. The van der Waals surface area contributed by atoms with Gasteiger partial charge in [0.25, 0.3) is 0 Å².